The summed E-state index contributed by atoms with van der Waals surface area (Å²) in [4.78, 5) is 24.8. The van der Waals surface area contributed by atoms with E-state index in [4.69, 9.17) is 14.2 Å². The quantitative estimate of drug-likeness (QED) is 0.153. The fourth-order valence-electron chi connectivity index (χ4n) is 5.32. The van der Waals surface area contributed by atoms with Crippen LogP contribution in [0.25, 0.3) is 5.57 Å². The lowest BCUT2D eigenvalue weighted by Crippen LogP contribution is -3.00. The predicted molar refractivity (Wildman–Crippen MR) is 154 cm³/mol. The zero-order valence-electron chi connectivity index (χ0n) is 25.0. The highest BCUT2D eigenvalue weighted by molar-refractivity contribution is 6.99. The molecule has 0 radical (unpaired) electrons. The molecule has 0 aliphatic carbocycles. The Morgan fingerprint density at radius 3 is 2.58 bits per heavy atom. The summed E-state index contributed by atoms with van der Waals surface area (Å²) >= 11 is 1.17. The molecule has 2 aromatic rings. The number of aromatic nitrogens is 2. The van der Waals surface area contributed by atoms with Gasteiger partial charge in [0.05, 0.1) is 38.3 Å². The summed E-state index contributed by atoms with van der Waals surface area (Å²) in [7, 11) is 2.10. The molecule has 0 saturated carbocycles. The molecule has 1 aromatic heterocycles. The molecule has 1 unspecified atom stereocenters. The van der Waals surface area contributed by atoms with Gasteiger partial charge in [-0.05, 0) is 37.5 Å². The van der Waals surface area contributed by atoms with Crippen LogP contribution in [0, 0.1) is 13.8 Å². The summed E-state index contributed by atoms with van der Waals surface area (Å²) in [5.74, 6) is 0.442. The van der Waals surface area contributed by atoms with Crippen LogP contribution >= 0.6 is 11.7 Å². The minimum Gasteiger partial charge on any atom is -1.00 e. The van der Waals surface area contributed by atoms with Crippen LogP contribution in [0.3, 0.4) is 0 Å². The van der Waals surface area contributed by atoms with Crippen LogP contribution in [0.15, 0.2) is 18.2 Å². The summed E-state index contributed by atoms with van der Waals surface area (Å²) in [6.45, 7) is 13.9. The van der Waals surface area contributed by atoms with Crippen LogP contribution < -0.4 is 21.9 Å². The van der Waals surface area contributed by atoms with Crippen molar-refractivity contribution in [2.24, 2.45) is 0 Å². The van der Waals surface area contributed by atoms with Gasteiger partial charge < -0.3 is 26.6 Å². The summed E-state index contributed by atoms with van der Waals surface area (Å²) in [6, 6.07) is 3.89. The normalized spacial score (nSPS) is 17.0. The second kappa shape index (κ2) is 14.9. The molecule has 0 N–H and O–H groups in total. The minimum absolute atomic E-state index is 0. The molecule has 2 heterocycles. The van der Waals surface area contributed by atoms with Crippen molar-refractivity contribution in [1.82, 2.24) is 8.75 Å². The lowest BCUT2D eigenvalue weighted by molar-refractivity contribution is -0.919. The van der Waals surface area contributed by atoms with Crippen molar-refractivity contribution >= 4 is 29.2 Å². The number of nitrogens with zero attached hydrogens (tertiary/aromatic N) is 3. The highest BCUT2D eigenvalue weighted by atomic mass is 35.5. The van der Waals surface area contributed by atoms with Crippen LogP contribution in [0.2, 0.25) is 0 Å². The molecule has 8 nitrogen and oxygen atoms in total. The number of quaternary nitrogens is 1. The second-order valence-corrected chi connectivity index (χ2v) is 12.1. The van der Waals surface area contributed by atoms with Gasteiger partial charge >= 0.3 is 11.9 Å². The summed E-state index contributed by atoms with van der Waals surface area (Å²) in [5, 5.41) is 0. The molecular formula is C30H44ClN3O5S. The SMILES string of the molecule is CCCCCCOc1nsnc1C1=CCC[N+](C)(COC(=O)CC(C)(C)c2c(C)cc(C)cc2OC(C)=O)C1.[Cl-]. The Balaban J connectivity index is 0.00000560. The number of rotatable bonds is 13. The lowest BCUT2D eigenvalue weighted by Gasteiger charge is -2.37. The number of unbranched alkanes of at least 4 members (excludes halogenated alkanes) is 3. The number of hydrogen-bond donors (Lipinski definition) is 0. The largest absolute Gasteiger partial charge is 1.00 e. The molecule has 1 aliphatic heterocycles. The van der Waals surface area contributed by atoms with Gasteiger partial charge in [-0.1, -0.05) is 52.2 Å². The number of likely N-dealkylation sites (N-methyl/N-ethyl adjacent to an activating group) is 1. The van der Waals surface area contributed by atoms with Crippen LogP contribution in [0.1, 0.15) is 88.6 Å². The third-order valence-corrected chi connectivity index (χ3v) is 7.62. The summed E-state index contributed by atoms with van der Waals surface area (Å²) in [5.41, 5.74) is 4.13. The molecule has 3 rings (SSSR count). The molecule has 1 atom stereocenters. The number of carbonyl (C=O) groups excluding carboxylic acids is 2. The molecule has 0 saturated heterocycles. The fourth-order valence-corrected chi connectivity index (χ4v) is 5.85. The highest BCUT2D eigenvalue weighted by Crippen LogP contribution is 2.38. The van der Waals surface area contributed by atoms with E-state index >= 15 is 0 Å². The first-order valence-electron chi connectivity index (χ1n) is 13.9. The predicted octanol–water partition coefficient (Wildman–Crippen LogP) is 3.15. The standard InChI is InChI=1S/C30H44N3O5S.ClH/c1-8-9-10-11-15-36-29-28(31-39-32-29)24-13-12-14-33(7,19-24)20-37-26(35)18-30(5,6)27-22(3)16-21(2)17-25(27)38-23(4)34;/h13,16-17H,8-12,14-15,18-20H2,1-7H3;1H/q+1;/p-1. The second-order valence-electron chi connectivity index (χ2n) is 11.6. The van der Waals surface area contributed by atoms with Crippen molar-refractivity contribution in [2.75, 3.05) is 33.5 Å². The molecule has 0 spiro atoms. The van der Waals surface area contributed by atoms with Crippen molar-refractivity contribution in [3.63, 3.8) is 0 Å². The maximum atomic E-state index is 13.1. The molecular weight excluding hydrogens is 550 g/mol. The first-order chi connectivity index (χ1) is 18.4. The van der Waals surface area contributed by atoms with Crippen LogP contribution in [-0.4, -0.2) is 58.6 Å². The average molecular weight is 594 g/mol. The van der Waals surface area contributed by atoms with Gasteiger partial charge in [0.1, 0.15) is 18.0 Å². The third kappa shape index (κ3) is 9.28. The Kier molecular flexibility index (Phi) is 12.6. The van der Waals surface area contributed by atoms with Crippen LogP contribution in [-0.2, 0) is 19.7 Å². The van der Waals surface area contributed by atoms with E-state index in [2.05, 4.69) is 28.8 Å². The van der Waals surface area contributed by atoms with Gasteiger partial charge in [0.2, 0.25) is 6.73 Å². The van der Waals surface area contributed by atoms with Crippen molar-refractivity contribution in [2.45, 2.75) is 85.5 Å². The Bertz CT molecular complexity index is 1200. The van der Waals surface area contributed by atoms with Crippen molar-refractivity contribution in [1.29, 1.82) is 0 Å². The highest BCUT2D eigenvalue weighted by Gasteiger charge is 2.34. The Labute approximate surface area is 249 Å². The van der Waals surface area contributed by atoms with E-state index in [1.165, 1.54) is 31.5 Å². The van der Waals surface area contributed by atoms with Crippen LogP contribution in [0.5, 0.6) is 11.6 Å². The number of carbonyl (C=O) groups is 2. The van der Waals surface area contributed by atoms with Gasteiger partial charge in [-0.2, -0.15) is 4.37 Å². The monoisotopic (exact) mass is 593 g/mol. The minimum atomic E-state index is -0.583. The number of hydrogen-bond acceptors (Lipinski definition) is 8. The van der Waals surface area contributed by atoms with E-state index in [-0.39, 0.29) is 37.5 Å². The van der Waals surface area contributed by atoms with Gasteiger partial charge in [0, 0.05) is 29.9 Å². The Hall–Kier alpha value is -2.49. The molecule has 0 fully saturated rings. The van der Waals surface area contributed by atoms with E-state index in [9.17, 15) is 9.59 Å². The topological polar surface area (TPSA) is 87.6 Å². The van der Waals surface area contributed by atoms with Crippen molar-refractivity contribution < 1.29 is 40.7 Å². The third-order valence-electron chi connectivity index (χ3n) is 7.11. The maximum absolute atomic E-state index is 13.1. The van der Waals surface area contributed by atoms with E-state index in [1.54, 1.807) is 0 Å². The molecule has 0 amide bonds. The lowest BCUT2D eigenvalue weighted by atomic mass is 9.78. The van der Waals surface area contributed by atoms with Crippen LogP contribution in [0.4, 0.5) is 0 Å². The molecule has 1 aliphatic rings. The molecule has 1 aromatic carbocycles. The smallest absolute Gasteiger partial charge is 0.310 e. The van der Waals surface area contributed by atoms with E-state index < -0.39 is 5.41 Å². The van der Waals surface area contributed by atoms with E-state index in [0.29, 0.717) is 29.3 Å². The summed E-state index contributed by atoms with van der Waals surface area (Å²) in [6.07, 6.45) is 7.78. The first kappa shape index (κ1) is 33.7. The fraction of sp³-hybridized carbons (Fsp3) is 0.600. The number of halogens is 1. The first-order valence-corrected chi connectivity index (χ1v) is 14.6. The number of aryl methyl sites for hydroxylation is 2. The van der Waals surface area contributed by atoms with Crippen molar-refractivity contribution in [3.05, 3.63) is 40.6 Å². The summed E-state index contributed by atoms with van der Waals surface area (Å²) < 4.78 is 26.8. The maximum Gasteiger partial charge on any atom is 0.310 e. The zero-order valence-corrected chi connectivity index (χ0v) is 26.5. The van der Waals surface area contributed by atoms with E-state index in [1.807, 2.05) is 39.8 Å². The molecule has 10 heteroatoms. The number of benzene rings is 1. The molecule has 222 valence electrons. The average Bonchev–Trinajstić information content (AvgIpc) is 3.30. The molecule has 0 bridgehead atoms. The number of ether oxygens (including phenoxy) is 3. The van der Waals surface area contributed by atoms with Gasteiger partial charge in [-0.25, -0.2) is 0 Å². The zero-order chi connectivity index (χ0) is 28.6. The van der Waals surface area contributed by atoms with Gasteiger partial charge in [0.25, 0.3) is 5.88 Å². The van der Waals surface area contributed by atoms with Crippen molar-refractivity contribution in [3.8, 4) is 11.6 Å². The van der Waals surface area contributed by atoms with E-state index in [0.717, 1.165) is 53.8 Å². The number of esters is 2. The Morgan fingerprint density at radius 1 is 1.12 bits per heavy atom. The Morgan fingerprint density at radius 2 is 1.88 bits per heavy atom. The van der Waals surface area contributed by atoms with Gasteiger partial charge in [-0.3, -0.25) is 14.1 Å². The van der Waals surface area contributed by atoms with Gasteiger partial charge in [-0.15, -0.1) is 4.37 Å². The molecule has 40 heavy (non-hydrogen) atoms. The van der Waals surface area contributed by atoms with Gasteiger partial charge in [0.15, 0.2) is 0 Å².